The van der Waals surface area contributed by atoms with Gasteiger partial charge < -0.3 is 15.0 Å². The van der Waals surface area contributed by atoms with Gasteiger partial charge in [-0.1, -0.05) is 70.4 Å². The van der Waals surface area contributed by atoms with Gasteiger partial charge in [-0.3, -0.25) is 4.79 Å². The first-order valence-electron chi connectivity index (χ1n) is 13.7. The van der Waals surface area contributed by atoms with E-state index in [-0.39, 0.29) is 18.0 Å². The van der Waals surface area contributed by atoms with Gasteiger partial charge in [-0.15, -0.1) is 0 Å². The molecule has 0 aromatic rings. The Hall–Kier alpha value is -1.52. The van der Waals surface area contributed by atoms with E-state index in [2.05, 4.69) is 24.4 Å². The molecule has 1 aliphatic rings. The first-order chi connectivity index (χ1) is 15.8. The van der Waals surface area contributed by atoms with Crippen LogP contribution in [0.4, 0.5) is 4.79 Å². The molecule has 1 rings (SSSR count). The Morgan fingerprint density at radius 2 is 1.48 bits per heavy atom. The average molecular weight is 465 g/mol. The second kappa shape index (κ2) is 17.9. The van der Waals surface area contributed by atoms with E-state index in [0.717, 1.165) is 25.7 Å². The number of amides is 2. The van der Waals surface area contributed by atoms with E-state index in [0.29, 0.717) is 19.5 Å². The molecule has 1 N–H and O–H groups in total. The van der Waals surface area contributed by atoms with E-state index in [1.165, 1.54) is 70.6 Å². The van der Waals surface area contributed by atoms with Gasteiger partial charge in [-0.05, 0) is 65.7 Å². The molecule has 1 aliphatic heterocycles. The monoisotopic (exact) mass is 464 g/mol. The third-order valence-corrected chi connectivity index (χ3v) is 6.10. The number of nitrogens with one attached hydrogen (secondary N) is 1. The van der Waals surface area contributed by atoms with Gasteiger partial charge in [0, 0.05) is 25.6 Å². The number of carbonyl (C=O) groups is 2. The van der Waals surface area contributed by atoms with Crippen LogP contribution in [0.5, 0.6) is 0 Å². The Labute approximate surface area is 204 Å². The molecule has 0 aromatic carbocycles. The van der Waals surface area contributed by atoms with Gasteiger partial charge in [0.25, 0.3) is 0 Å². The molecule has 1 fully saturated rings. The highest BCUT2D eigenvalue weighted by atomic mass is 16.6. The smallest absolute Gasteiger partial charge is 0.410 e. The number of likely N-dealkylation sites (tertiary alicyclic amines) is 1. The summed E-state index contributed by atoms with van der Waals surface area (Å²) in [6.45, 7) is 9.15. The first kappa shape index (κ1) is 29.5. The van der Waals surface area contributed by atoms with Crippen LogP contribution in [0, 0.1) is 0 Å². The molecule has 1 unspecified atom stereocenters. The lowest BCUT2D eigenvalue weighted by atomic mass is 10.0. The Morgan fingerprint density at radius 3 is 2.09 bits per heavy atom. The van der Waals surface area contributed by atoms with Crippen molar-refractivity contribution in [2.75, 3.05) is 13.1 Å². The van der Waals surface area contributed by atoms with E-state index >= 15 is 0 Å². The number of rotatable bonds is 16. The third-order valence-electron chi connectivity index (χ3n) is 6.10. The van der Waals surface area contributed by atoms with Gasteiger partial charge >= 0.3 is 6.09 Å². The van der Waals surface area contributed by atoms with Crippen molar-refractivity contribution in [3.63, 3.8) is 0 Å². The molecule has 0 aliphatic carbocycles. The SMILES string of the molecule is CCCCCCCC/C=C\CCCCCCCC(=O)NC1CCCN(C(=O)OC(C)(C)C)C1. The zero-order valence-corrected chi connectivity index (χ0v) is 22.1. The number of ether oxygens (including phenoxy) is 1. The number of hydrogen-bond acceptors (Lipinski definition) is 3. The second-order valence-electron chi connectivity index (χ2n) is 10.7. The summed E-state index contributed by atoms with van der Waals surface area (Å²) in [7, 11) is 0. The molecule has 192 valence electrons. The van der Waals surface area contributed by atoms with Crippen LogP contribution in [0.3, 0.4) is 0 Å². The van der Waals surface area contributed by atoms with Gasteiger partial charge in [-0.25, -0.2) is 4.79 Å². The van der Waals surface area contributed by atoms with E-state index in [9.17, 15) is 9.59 Å². The molecule has 0 spiro atoms. The largest absolute Gasteiger partial charge is 0.444 e. The van der Waals surface area contributed by atoms with Crippen LogP contribution in [0.1, 0.15) is 130 Å². The first-order valence-corrected chi connectivity index (χ1v) is 13.7. The predicted molar refractivity (Wildman–Crippen MR) is 138 cm³/mol. The highest BCUT2D eigenvalue weighted by Gasteiger charge is 2.28. The maximum absolute atomic E-state index is 12.3. The molecule has 5 nitrogen and oxygen atoms in total. The topological polar surface area (TPSA) is 58.6 Å². The molecule has 1 saturated heterocycles. The molecule has 1 atom stereocenters. The van der Waals surface area contributed by atoms with Crippen molar-refractivity contribution in [3.8, 4) is 0 Å². The van der Waals surface area contributed by atoms with Crippen LogP contribution in [0.15, 0.2) is 12.2 Å². The standard InChI is InChI=1S/C28H52N2O3/c1-5-6-7-8-9-10-11-12-13-14-15-16-17-18-19-22-26(31)29-25-21-20-23-30(24-25)27(32)33-28(2,3)4/h12-13,25H,5-11,14-24H2,1-4H3,(H,29,31)/b13-12-. The third kappa shape index (κ3) is 16.7. The lowest BCUT2D eigenvalue weighted by Crippen LogP contribution is -2.50. The zero-order valence-electron chi connectivity index (χ0n) is 22.1. The maximum atomic E-state index is 12.3. The average Bonchev–Trinajstić information content (AvgIpc) is 2.75. The number of hydrogen-bond donors (Lipinski definition) is 1. The van der Waals surface area contributed by atoms with Crippen LogP contribution in [0.2, 0.25) is 0 Å². The summed E-state index contributed by atoms with van der Waals surface area (Å²) in [5, 5.41) is 3.12. The number of unbranched alkanes of at least 4 members (excludes halogenated alkanes) is 11. The Balaban J connectivity index is 1.99. The Morgan fingerprint density at radius 1 is 0.909 bits per heavy atom. The molecule has 0 radical (unpaired) electrons. The van der Waals surface area contributed by atoms with Crippen LogP contribution in [-0.2, 0) is 9.53 Å². The molecule has 0 aromatic heterocycles. The van der Waals surface area contributed by atoms with Gasteiger partial charge in [0.15, 0.2) is 0 Å². The fourth-order valence-electron chi connectivity index (χ4n) is 4.24. The minimum Gasteiger partial charge on any atom is -0.444 e. The highest BCUT2D eigenvalue weighted by molar-refractivity contribution is 5.76. The van der Waals surface area contributed by atoms with E-state index in [1.807, 2.05) is 20.8 Å². The summed E-state index contributed by atoms with van der Waals surface area (Å²) in [6.07, 6.45) is 23.2. The number of allylic oxidation sites excluding steroid dienone is 2. The molecule has 33 heavy (non-hydrogen) atoms. The molecule has 0 saturated carbocycles. The van der Waals surface area contributed by atoms with Crippen molar-refractivity contribution in [2.24, 2.45) is 0 Å². The highest BCUT2D eigenvalue weighted by Crippen LogP contribution is 2.16. The second-order valence-corrected chi connectivity index (χ2v) is 10.7. The number of carbonyl (C=O) groups excluding carboxylic acids is 2. The van der Waals surface area contributed by atoms with Gasteiger partial charge in [0.05, 0.1) is 0 Å². The summed E-state index contributed by atoms with van der Waals surface area (Å²) in [5.74, 6) is 0.115. The van der Waals surface area contributed by atoms with Gasteiger partial charge in [-0.2, -0.15) is 0 Å². The van der Waals surface area contributed by atoms with Crippen molar-refractivity contribution >= 4 is 12.0 Å². The molecule has 2 amide bonds. The van der Waals surface area contributed by atoms with Crippen LogP contribution >= 0.6 is 0 Å². The zero-order chi connectivity index (χ0) is 24.4. The van der Waals surface area contributed by atoms with Crippen molar-refractivity contribution < 1.29 is 14.3 Å². The summed E-state index contributed by atoms with van der Waals surface area (Å²) in [6, 6.07) is 0.0434. The summed E-state index contributed by atoms with van der Waals surface area (Å²) in [5.41, 5.74) is -0.489. The van der Waals surface area contributed by atoms with E-state index in [4.69, 9.17) is 4.74 Å². The fraction of sp³-hybridized carbons (Fsp3) is 0.857. The molecular formula is C28H52N2O3. The maximum Gasteiger partial charge on any atom is 0.410 e. The van der Waals surface area contributed by atoms with Crippen molar-refractivity contribution in [1.82, 2.24) is 10.2 Å². The lowest BCUT2D eigenvalue weighted by molar-refractivity contribution is -0.122. The summed E-state index contributed by atoms with van der Waals surface area (Å²) >= 11 is 0. The van der Waals surface area contributed by atoms with E-state index < -0.39 is 5.60 Å². The number of nitrogens with zero attached hydrogens (tertiary/aromatic N) is 1. The number of piperidine rings is 1. The quantitative estimate of drug-likeness (QED) is 0.190. The lowest BCUT2D eigenvalue weighted by Gasteiger charge is -2.34. The molecule has 5 heteroatoms. The van der Waals surface area contributed by atoms with Crippen molar-refractivity contribution in [3.05, 3.63) is 12.2 Å². The fourth-order valence-corrected chi connectivity index (χ4v) is 4.24. The van der Waals surface area contributed by atoms with Crippen molar-refractivity contribution in [1.29, 1.82) is 0 Å². The Bertz CT molecular complexity index is 554. The van der Waals surface area contributed by atoms with Crippen molar-refractivity contribution in [2.45, 2.75) is 142 Å². The molecular weight excluding hydrogens is 412 g/mol. The predicted octanol–water partition coefficient (Wildman–Crippen LogP) is 7.54. The normalized spacial score (nSPS) is 16.8. The Kier molecular flexibility index (Phi) is 16.0. The van der Waals surface area contributed by atoms with Crippen LogP contribution < -0.4 is 5.32 Å². The minimum atomic E-state index is -0.489. The summed E-state index contributed by atoms with van der Waals surface area (Å²) < 4.78 is 5.46. The molecule has 0 bridgehead atoms. The molecule has 1 heterocycles. The van der Waals surface area contributed by atoms with E-state index in [1.54, 1.807) is 4.90 Å². The van der Waals surface area contributed by atoms with Crippen LogP contribution in [-0.4, -0.2) is 41.6 Å². The van der Waals surface area contributed by atoms with Crippen LogP contribution in [0.25, 0.3) is 0 Å². The summed E-state index contributed by atoms with van der Waals surface area (Å²) in [4.78, 5) is 26.3. The van der Waals surface area contributed by atoms with Gasteiger partial charge in [0.2, 0.25) is 5.91 Å². The minimum absolute atomic E-state index is 0.0434. The van der Waals surface area contributed by atoms with Gasteiger partial charge in [0.1, 0.15) is 5.60 Å².